The molecule has 1 atom stereocenters. The molecule has 0 radical (unpaired) electrons. The molecule has 0 saturated carbocycles. The zero-order valence-electron chi connectivity index (χ0n) is 15.3. The molecule has 0 fully saturated rings. The fourth-order valence-electron chi connectivity index (χ4n) is 2.26. The molecule has 0 aliphatic rings. The van der Waals surface area contributed by atoms with Crippen molar-refractivity contribution >= 4 is 12.1 Å². The van der Waals surface area contributed by atoms with E-state index < -0.39 is 23.7 Å². The minimum absolute atomic E-state index is 0.282. The minimum atomic E-state index is -1.09. The highest BCUT2D eigenvalue weighted by atomic mass is 16.6. The average Bonchev–Trinajstić information content (AvgIpc) is 2.50. The van der Waals surface area contributed by atoms with Gasteiger partial charge in [-0.25, -0.2) is 4.79 Å². The van der Waals surface area contributed by atoms with Crippen molar-refractivity contribution in [3.63, 3.8) is 0 Å². The summed E-state index contributed by atoms with van der Waals surface area (Å²) in [4.78, 5) is 23.3. The number of benzene rings is 1. The van der Waals surface area contributed by atoms with Crippen LogP contribution in [0.4, 0.5) is 4.79 Å². The number of amides is 1. The van der Waals surface area contributed by atoms with Crippen molar-refractivity contribution in [3.8, 4) is 17.2 Å². The van der Waals surface area contributed by atoms with E-state index in [0.29, 0.717) is 17.1 Å². The van der Waals surface area contributed by atoms with E-state index in [9.17, 15) is 14.7 Å². The maximum absolute atomic E-state index is 12.1. The number of hydrogen-bond acceptors (Lipinski definition) is 6. The molecule has 0 heterocycles. The molecule has 0 bridgehead atoms. The summed E-state index contributed by atoms with van der Waals surface area (Å²) in [6.07, 6.45) is -1.08. The van der Waals surface area contributed by atoms with Crippen molar-refractivity contribution in [2.75, 3.05) is 21.3 Å². The first-order valence-electron chi connectivity index (χ1n) is 7.63. The van der Waals surface area contributed by atoms with Gasteiger partial charge in [0, 0.05) is 5.56 Å². The van der Waals surface area contributed by atoms with Crippen LogP contribution in [0.5, 0.6) is 17.2 Å². The summed E-state index contributed by atoms with van der Waals surface area (Å²) in [6, 6.07) is 2.36. The third-order valence-electron chi connectivity index (χ3n) is 3.18. The van der Waals surface area contributed by atoms with E-state index in [0.717, 1.165) is 0 Å². The monoisotopic (exact) mass is 355 g/mol. The number of rotatable bonds is 7. The van der Waals surface area contributed by atoms with E-state index in [-0.39, 0.29) is 12.2 Å². The van der Waals surface area contributed by atoms with Crippen molar-refractivity contribution in [2.45, 2.75) is 38.8 Å². The van der Waals surface area contributed by atoms with Gasteiger partial charge < -0.3 is 29.4 Å². The van der Waals surface area contributed by atoms with Crippen LogP contribution in [0.2, 0.25) is 0 Å². The number of methoxy groups -OCH3 is 3. The van der Waals surface area contributed by atoms with Gasteiger partial charge in [-0.15, -0.1) is 0 Å². The quantitative estimate of drug-likeness (QED) is 0.775. The number of carbonyl (C=O) groups is 2. The van der Waals surface area contributed by atoms with Gasteiger partial charge in [0.25, 0.3) is 0 Å². The van der Waals surface area contributed by atoms with Crippen molar-refractivity contribution in [1.82, 2.24) is 5.32 Å². The molecular formula is C17H25NO7. The molecular weight excluding hydrogens is 330 g/mol. The van der Waals surface area contributed by atoms with Crippen LogP contribution < -0.4 is 19.5 Å². The molecule has 8 heteroatoms. The highest BCUT2D eigenvalue weighted by molar-refractivity contribution is 5.73. The molecule has 1 aromatic carbocycles. The van der Waals surface area contributed by atoms with Gasteiger partial charge in [-0.3, -0.25) is 4.79 Å². The summed E-state index contributed by atoms with van der Waals surface area (Å²) in [6.45, 7) is 5.15. The van der Waals surface area contributed by atoms with Crippen LogP contribution in [0.25, 0.3) is 0 Å². The number of carbonyl (C=O) groups excluding carboxylic acids is 1. The zero-order chi connectivity index (χ0) is 19.2. The van der Waals surface area contributed by atoms with E-state index in [1.54, 1.807) is 32.9 Å². The smallest absolute Gasteiger partial charge is 0.408 e. The first-order valence-corrected chi connectivity index (χ1v) is 7.63. The van der Waals surface area contributed by atoms with Crippen LogP contribution in [-0.2, 0) is 9.53 Å². The molecule has 25 heavy (non-hydrogen) atoms. The summed E-state index contributed by atoms with van der Waals surface area (Å²) in [7, 11) is 4.34. The van der Waals surface area contributed by atoms with Crippen LogP contribution in [-0.4, -0.2) is 44.1 Å². The second-order valence-corrected chi connectivity index (χ2v) is 6.22. The van der Waals surface area contributed by atoms with Crippen molar-refractivity contribution in [2.24, 2.45) is 0 Å². The normalized spacial score (nSPS) is 12.1. The average molecular weight is 355 g/mol. The van der Waals surface area contributed by atoms with Crippen LogP contribution in [0.1, 0.15) is 38.8 Å². The Balaban J connectivity index is 3.27. The molecule has 0 spiro atoms. The topological polar surface area (TPSA) is 103 Å². The van der Waals surface area contributed by atoms with Crippen molar-refractivity contribution < 1.29 is 33.6 Å². The number of ether oxygens (including phenoxy) is 4. The Morgan fingerprint density at radius 2 is 1.68 bits per heavy atom. The summed E-state index contributed by atoms with van der Waals surface area (Å²) in [5.41, 5.74) is -0.270. The molecule has 0 saturated heterocycles. The SMILES string of the molecule is COc1ccc(C(CC(=O)O)NC(=O)OC(C)(C)C)c(OC)c1OC. The molecule has 8 nitrogen and oxygen atoms in total. The van der Waals surface area contributed by atoms with Gasteiger partial charge in [0.15, 0.2) is 11.5 Å². The number of nitrogens with one attached hydrogen (secondary N) is 1. The van der Waals surface area contributed by atoms with Crippen molar-refractivity contribution in [3.05, 3.63) is 17.7 Å². The second-order valence-electron chi connectivity index (χ2n) is 6.22. The van der Waals surface area contributed by atoms with E-state index in [4.69, 9.17) is 18.9 Å². The standard InChI is InChI=1S/C17H25NO7/c1-17(2,3)25-16(21)18-11(9-13(19)20)10-7-8-12(22-4)15(24-6)14(10)23-5/h7-8,11H,9H2,1-6H3,(H,18,21)(H,19,20). The van der Waals surface area contributed by atoms with Gasteiger partial charge >= 0.3 is 12.1 Å². The number of carboxylic acids is 1. The summed E-state index contributed by atoms with van der Waals surface area (Å²) in [5.74, 6) is -0.0691. The molecule has 140 valence electrons. The van der Waals surface area contributed by atoms with Gasteiger partial charge in [0.05, 0.1) is 33.8 Å². The molecule has 1 rings (SSSR count). The lowest BCUT2D eigenvalue weighted by atomic mass is 10.0. The highest BCUT2D eigenvalue weighted by Crippen LogP contribution is 2.42. The van der Waals surface area contributed by atoms with Gasteiger partial charge in [-0.1, -0.05) is 0 Å². The first-order chi connectivity index (χ1) is 11.6. The predicted octanol–water partition coefficient (Wildman–Crippen LogP) is 2.75. The molecule has 2 N–H and O–H groups in total. The third kappa shape index (κ3) is 5.74. The lowest BCUT2D eigenvalue weighted by Crippen LogP contribution is -2.36. The predicted molar refractivity (Wildman–Crippen MR) is 90.5 cm³/mol. The molecule has 0 aliphatic carbocycles. The van der Waals surface area contributed by atoms with E-state index >= 15 is 0 Å². The molecule has 1 aromatic rings. The minimum Gasteiger partial charge on any atom is -0.493 e. The van der Waals surface area contributed by atoms with Crippen LogP contribution in [0, 0.1) is 0 Å². The van der Waals surface area contributed by atoms with E-state index in [1.807, 2.05) is 0 Å². The van der Waals surface area contributed by atoms with Crippen molar-refractivity contribution in [1.29, 1.82) is 0 Å². The van der Waals surface area contributed by atoms with Gasteiger partial charge in [-0.2, -0.15) is 0 Å². The zero-order valence-corrected chi connectivity index (χ0v) is 15.3. The maximum Gasteiger partial charge on any atom is 0.408 e. The highest BCUT2D eigenvalue weighted by Gasteiger charge is 2.27. The van der Waals surface area contributed by atoms with E-state index in [1.165, 1.54) is 21.3 Å². The first kappa shape index (κ1) is 20.4. The summed E-state index contributed by atoms with van der Waals surface area (Å²) in [5, 5.41) is 11.8. The maximum atomic E-state index is 12.1. The number of hydrogen-bond donors (Lipinski definition) is 2. The number of alkyl carbamates (subject to hydrolysis) is 1. The largest absolute Gasteiger partial charge is 0.493 e. The van der Waals surface area contributed by atoms with Crippen LogP contribution in [0.15, 0.2) is 12.1 Å². The Labute approximate surface area is 147 Å². The Kier molecular flexibility index (Phi) is 6.90. The Hall–Kier alpha value is -2.64. The summed E-state index contributed by atoms with van der Waals surface area (Å²) >= 11 is 0. The second kappa shape index (κ2) is 8.46. The fourth-order valence-corrected chi connectivity index (χ4v) is 2.26. The third-order valence-corrected chi connectivity index (χ3v) is 3.18. The van der Waals surface area contributed by atoms with E-state index in [2.05, 4.69) is 5.32 Å². The van der Waals surface area contributed by atoms with Crippen LogP contribution in [0.3, 0.4) is 0 Å². The molecule has 0 aliphatic heterocycles. The number of carboxylic acid groups (broad SMARTS) is 1. The lowest BCUT2D eigenvalue weighted by molar-refractivity contribution is -0.137. The Morgan fingerprint density at radius 3 is 2.12 bits per heavy atom. The lowest BCUT2D eigenvalue weighted by Gasteiger charge is -2.25. The molecule has 0 aromatic heterocycles. The van der Waals surface area contributed by atoms with Gasteiger partial charge in [0.1, 0.15) is 5.60 Å². The summed E-state index contributed by atoms with van der Waals surface area (Å²) < 4.78 is 21.1. The number of aliphatic carboxylic acids is 1. The molecule has 1 amide bonds. The molecule has 1 unspecified atom stereocenters. The Bertz CT molecular complexity index is 622. The van der Waals surface area contributed by atoms with Gasteiger partial charge in [0.2, 0.25) is 5.75 Å². The van der Waals surface area contributed by atoms with Gasteiger partial charge in [-0.05, 0) is 32.9 Å². The fraction of sp³-hybridized carbons (Fsp3) is 0.529. The Morgan fingerprint density at radius 1 is 1.08 bits per heavy atom. The van der Waals surface area contributed by atoms with Crippen LogP contribution >= 0.6 is 0 Å².